The molecule has 2 aromatic heterocycles. The van der Waals surface area contributed by atoms with Gasteiger partial charge in [0.15, 0.2) is 0 Å². The number of hydrogen-bond acceptors (Lipinski definition) is 6. The van der Waals surface area contributed by atoms with Crippen LogP contribution in [0.15, 0.2) is 35.1 Å². The number of rotatable bonds is 7. The molecule has 0 atom stereocenters. The number of nitrogens with one attached hydrogen (secondary N) is 1. The van der Waals surface area contributed by atoms with Crippen LogP contribution < -0.4 is 5.32 Å². The van der Waals surface area contributed by atoms with Gasteiger partial charge < -0.3 is 14.6 Å². The van der Waals surface area contributed by atoms with Crippen LogP contribution in [0.4, 0.5) is 10.2 Å². The molecule has 0 spiro atoms. The van der Waals surface area contributed by atoms with Gasteiger partial charge in [0, 0.05) is 25.3 Å². The zero-order valence-electron chi connectivity index (χ0n) is 12.8. The molecule has 0 aliphatic rings. The van der Waals surface area contributed by atoms with Crippen molar-refractivity contribution in [1.29, 1.82) is 0 Å². The Balaban J connectivity index is 1.86. The summed E-state index contributed by atoms with van der Waals surface area (Å²) >= 11 is 0. The lowest BCUT2D eigenvalue weighted by atomic mass is 10.1. The third kappa shape index (κ3) is 3.45. The van der Waals surface area contributed by atoms with Crippen LogP contribution in [0.1, 0.15) is 13.3 Å². The molecular weight excluding hydrogens is 299 g/mol. The van der Waals surface area contributed by atoms with E-state index in [0.29, 0.717) is 42.4 Å². The highest BCUT2D eigenvalue weighted by molar-refractivity contribution is 5.97. The van der Waals surface area contributed by atoms with Gasteiger partial charge in [-0.05, 0) is 37.6 Å². The van der Waals surface area contributed by atoms with Gasteiger partial charge in [-0.3, -0.25) is 0 Å². The average molecular weight is 316 g/mol. The maximum atomic E-state index is 13.1. The van der Waals surface area contributed by atoms with E-state index in [4.69, 9.17) is 9.26 Å². The highest BCUT2D eigenvalue weighted by Crippen LogP contribution is 2.31. The predicted molar refractivity (Wildman–Crippen MR) is 84.6 cm³/mol. The first kappa shape index (κ1) is 15.4. The van der Waals surface area contributed by atoms with Crippen molar-refractivity contribution in [2.75, 3.05) is 25.1 Å². The molecule has 0 saturated heterocycles. The molecule has 2 heterocycles. The Kier molecular flexibility index (Phi) is 4.77. The Morgan fingerprint density at radius 3 is 2.83 bits per heavy atom. The first-order chi connectivity index (χ1) is 11.3. The maximum absolute atomic E-state index is 13.1. The number of hydrogen-bond donors (Lipinski definition) is 1. The molecule has 0 aliphatic carbocycles. The van der Waals surface area contributed by atoms with Crippen LogP contribution in [0, 0.1) is 5.82 Å². The minimum Gasteiger partial charge on any atom is -0.382 e. The number of aromatic nitrogens is 3. The van der Waals surface area contributed by atoms with E-state index in [1.807, 2.05) is 6.92 Å². The zero-order valence-corrected chi connectivity index (χ0v) is 12.8. The van der Waals surface area contributed by atoms with E-state index in [-0.39, 0.29) is 5.82 Å². The van der Waals surface area contributed by atoms with Crippen molar-refractivity contribution in [2.24, 2.45) is 0 Å². The molecule has 3 aromatic rings. The van der Waals surface area contributed by atoms with E-state index in [0.717, 1.165) is 12.0 Å². The number of nitrogens with zero attached hydrogens (tertiary/aromatic N) is 3. The van der Waals surface area contributed by atoms with E-state index in [9.17, 15) is 4.39 Å². The van der Waals surface area contributed by atoms with Crippen molar-refractivity contribution < 1.29 is 13.7 Å². The smallest absolute Gasteiger partial charge is 0.263 e. The fourth-order valence-electron chi connectivity index (χ4n) is 2.25. The summed E-state index contributed by atoms with van der Waals surface area (Å²) in [4.78, 5) is 8.35. The Hall–Kier alpha value is -2.54. The van der Waals surface area contributed by atoms with Crippen molar-refractivity contribution >= 4 is 16.9 Å². The van der Waals surface area contributed by atoms with Gasteiger partial charge in [0.05, 0.1) is 0 Å². The lowest BCUT2D eigenvalue weighted by molar-refractivity contribution is 0.147. The van der Waals surface area contributed by atoms with Crippen LogP contribution in [0.3, 0.4) is 0 Å². The second-order valence-corrected chi connectivity index (χ2v) is 4.92. The molecule has 1 aromatic carbocycles. The van der Waals surface area contributed by atoms with Gasteiger partial charge in [0.1, 0.15) is 29.0 Å². The van der Waals surface area contributed by atoms with Gasteiger partial charge in [-0.2, -0.15) is 4.98 Å². The van der Waals surface area contributed by atoms with Crippen molar-refractivity contribution in [3.8, 4) is 11.3 Å². The Bertz CT molecular complexity index is 773. The van der Waals surface area contributed by atoms with Gasteiger partial charge in [0.25, 0.3) is 5.71 Å². The van der Waals surface area contributed by atoms with Gasteiger partial charge >= 0.3 is 0 Å². The predicted octanol–water partition coefficient (Wildman–Crippen LogP) is 3.26. The summed E-state index contributed by atoms with van der Waals surface area (Å²) < 4.78 is 23.7. The summed E-state index contributed by atoms with van der Waals surface area (Å²) in [6.07, 6.45) is 2.28. The number of fused-ring (bicyclic) bond motifs is 1. The Labute approximate surface area is 132 Å². The van der Waals surface area contributed by atoms with Crippen LogP contribution in [0.25, 0.3) is 22.4 Å². The monoisotopic (exact) mass is 316 g/mol. The molecular formula is C16H17FN4O2. The normalized spacial score (nSPS) is 11.0. The van der Waals surface area contributed by atoms with E-state index in [1.54, 1.807) is 12.1 Å². The summed E-state index contributed by atoms with van der Waals surface area (Å²) in [5.74, 6) is 0.346. The first-order valence-corrected chi connectivity index (χ1v) is 7.47. The minimum atomic E-state index is -0.299. The standard InChI is InChI=1S/C16H17FN4O2/c1-2-22-9-3-8-18-15-13-14(11-4-6-12(17)7-5-11)21-23-16(13)20-10-19-15/h4-7,10H,2-3,8-9H2,1H3,(H,18,19,20). The van der Waals surface area contributed by atoms with E-state index in [2.05, 4.69) is 20.4 Å². The second kappa shape index (κ2) is 7.15. The van der Waals surface area contributed by atoms with Crippen molar-refractivity contribution in [1.82, 2.24) is 15.1 Å². The molecule has 7 heteroatoms. The molecule has 6 nitrogen and oxygen atoms in total. The quantitative estimate of drug-likeness (QED) is 0.674. The number of anilines is 1. The van der Waals surface area contributed by atoms with E-state index < -0.39 is 0 Å². The molecule has 3 rings (SSSR count). The molecule has 0 fully saturated rings. The molecule has 0 bridgehead atoms. The third-order valence-electron chi connectivity index (χ3n) is 3.35. The SMILES string of the molecule is CCOCCCNc1ncnc2onc(-c3ccc(F)cc3)c12. The third-order valence-corrected chi connectivity index (χ3v) is 3.35. The molecule has 0 radical (unpaired) electrons. The molecule has 0 aliphatic heterocycles. The van der Waals surface area contributed by atoms with Gasteiger partial charge in [-0.15, -0.1) is 0 Å². The Morgan fingerprint density at radius 1 is 1.22 bits per heavy atom. The average Bonchev–Trinajstić information content (AvgIpc) is 3.00. The fourth-order valence-corrected chi connectivity index (χ4v) is 2.25. The summed E-state index contributed by atoms with van der Waals surface area (Å²) in [6.45, 7) is 4.07. The van der Waals surface area contributed by atoms with Crippen molar-refractivity contribution in [2.45, 2.75) is 13.3 Å². The molecule has 0 unspecified atom stereocenters. The van der Waals surface area contributed by atoms with Gasteiger partial charge in [0.2, 0.25) is 0 Å². The van der Waals surface area contributed by atoms with Crippen LogP contribution in [0.5, 0.6) is 0 Å². The lowest BCUT2D eigenvalue weighted by Gasteiger charge is -2.06. The number of halogens is 1. The Morgan fingerprint density at radius 2 is 2.04 bits per heavy atom. The van der Waals surface area contributed by atoms with Crippen molar-refractivity contribution in [3.05, 3.63) is 36.4 Å². The molecule has 0 saturated carbocycles. The zero-order chi connectivity index (χ0) is 16.1. The maximum Gasteiger partial charge on any atom is 0.263 e. The lowest BCUT2D eigenvalue weighted by Crippen LogP contribution is -2.07. The molecule has 23 heavy (non-hydrogen) atoms. The highest BCUT2D eigenvalue weighted by atomic mass is 19.1. The summed E-state index contributed by atoms with van der Waals surface area (Å²) in [6, 6.07) is 6.07. The highest BCUT2D eigenvalue weighted by Gasteiger charge is 2.16. The molecule has 1 N–H and O–H groups in total. The van der Waals surface area contributed by atoms with Crippen LogP contribution >= 0.6 is 0 Å². The first-order valence-electron chi connectivity index (χ1n) is 7.47. The fraction of sp³-hybridized carbons (Fsp3) is 0.312. The summed E-state index contributed by atoms with van der Waals surface area (Å²) in [5, 5.41) is 7.99. The van der Waals surface area contributed by atoms with Crippen LogP contribution in [-0.4, -0.2) is 34.9 Å². The minimum absolute atomic E-state index is 0.299. The number of benzene rings is 1. The molecule has 0 amide bonds. The topological polar surface area (TPSA) is 73.1 Å². The van der Waals surface area contributed by atoms with E-state index >= 15 is 0 Å². The summed E-state index contributed by atoms with van der Waals surface area (Å²) in [5.41, 5.74) is 1.73. The largest absolute Gasteiger partial charge is 0.382 e. The van der Waals surface area contributed by atoms with Crippen molar-refractivity contribution in [3.63, 3.8) is 0 Å². The second-order valence-electron chi connectivity index (χ2n) is 4.92. The number of ether oxygens (including phenoxy) is 1. The summed E-state index contributed by atoms with van der Waals surface area (Å²) in [7, 11) is 0. The van der Waals surface area contributed by atoms with Gasteiger partial charge in [-0.1, -0.05) is 5.16 Å². The van der Waals surface area contributed by atoms with Crippen LogP contribution in [0.2, 0.25) is 0 Å². The van der Waals surface area contributed by atoms with Gasteiger partial charge in [-0.25, -0.2) is 9.37 Å². The van der Waals surface area contributed by atoms with E-state index in [1.165, 1.54) is 18.5 Å². The molecule has 120 valence electrons. The van der Waals surface area contributed by atoms with Crippen LogP contribution in [-0.2, 0) is 4.74 Å².